The summed E-state index contributed by atoms with van der Waals surface area (Å²) in [6.45, 7) is 2.35. The van der Waals surface area contributed by atoms with Crippen LogP contribution in [0.2, 0.25) is 0 Å². The van der Waals surface area contributed by atoms with Crippen LogP contribution in [0.15, 0.2) is 48.7 Å². The van der Waals surface area contributed by atoms with Gasteiger partial charge in [0.05, 0.1) is 6.61 Å². The zero-order valence-electron chi connectivity index (χ0n) is 11.9. The molecule has 21 heavy (non-hydrogen) atoms. The molecule has 110 valence electrons. The van der Waals surface area contributed by atoms with Crippen LogP contribution in [0.5, 0.6) is 0 Å². The molecule has 5 nitrogen and oxygen atoms in total. The molecular formula is C16H19N3O2. The van der Waals surface area contributed by atoms with Crippen molar-refractivity contribution in [1.29, 1.82) is 0 Å². The fraction of sp³-hybridized carbons (Fsp3) is 0.250. The van der Waals surface area contributed by atoms with Crippen LogP contribution in [-0.2, 0) is 6.54 Å². The maximum Gasteiger partial charge on any atom is 0.270 e. The number of aliphatic hydroxyl groups excluding tert-OH is 1. The summed E-state index contributed by atoms with van der Waals surface area (Å²) in [5.41, 5.74) is 2.14. The SMILES string of the molecule is C[C@@H](CO)Nc1ccnc(C(=O)NCc2ccccc2)c1. The van der Waals surface area contributed by atoms with Gasteiger partial charge in [-0.05, 0) is 24.6 Å². The molecule has 2 rings (SSSR count). The number of pyridine rings is 1. The second kappa shape index (κ2) is 7.40. The largest absolute Gasteiger partial charge is 0.394 e. The summed E-state index contributed by atoms with van der Waals surface area (Å²) >= 11 is 0. The van der Waals surface area contributed by atoms with E-state index in [-0.39, 0.29) is 18.6 Å². The Morgan fingerprint density at radius 3 is 2.76 bits per heavy atom. The van der Waals surface area contributed by atoms with Gasteiger partial charge < -0.3 is 15.7 Å². The summed E-state index contributed by atoms with van der Waals surface area (Å²) in [7, 11) is 0. The molecule has 0 spiro atoms. The van der Waals surface area contributed by atoms with Crippen LogP contribution in [0.1, 0.15) is 23.0 Å². The van der Waals surface area contributed by atoms with Crippen LogP contribution in [0, 0.1) is 0 Å². The molecule has 0 fully saturated rings. The van der Waals surface area contributed by atoms with Crippen LogP contribution in [0.25, 0.3) is 0 Å². The third-order valence-electron chi connectivity index (χ3n) is 2.98. The van der Waals surface area contributed by atoms with E-state index in [1.54, 1.807) is 18.3 Å². The van der Waals surface area contributed by atoms with E-state index in [0.29, 0.717) is 12.2 Å². The summed E-state index contributed by atoms with van der Waals surface area (Å²) in [4.78, 5) is 16.1. The van der Waals surface area contributed by atoms with Crippen molar-refractivity contribution in [3.63, 3.8) is 0 Å². The Balaban J connectivity index is 1.97. The first kappa shape index (κ1) is 15.0. The molecule has 0 unspecified atom stereocenters. The monoisotopic (exact) mass is 285 g/mol. The molecule has 5 heteroatoms. The molecule has 0 radical (unpaired) electrons. The highest BCUT2D eigenvalue weighted by molar-refractivity contribution is 5.93. The Morgan fingerprint density at radius 2 is 2.05 bits per heavy atom. The van der Waals surface area contributed by atoms with Crippen molar-refractivity contribution in [2.45, 2.75) is 19.5 Å². The number of nitrogens with one attached hydrogen (secondary N) is 2. The average Bonchev–Trinajstić information content (AvgIpc) is 2.53. The van der Waals surface area contributed by atoms with Crippen molar-refractivity contribution in [2.24, 2.45) is 0 Å². The molecule has 0 aliphatic rings. The summed E-state index contributed by atoms with van der Waals surface area (Å²) in [6, 6.07) is 13.1. The number of benzene rings is 1. The van der Waals surface area contributed by atoms with E-state index >= 15 is 0 Å². The number of carbonyl (C=O) groups excluding carboxylic acids is 1. The molecule has 1 atom stereocenters. The van der Waals surface area contributed by atoms with Crippen LogP contribution in [0.3, 0.4) is 0 Å². The van der Waals surface area contributed by atoms with Gasteiger partial charge in [0.15, 0.2) is 0 Å². The Hall–Kier alpha value is -2.40. The van der Waals surface area contributed by atoms with Crippen LogP contribution in [0.4, 0.5) is 5.69 Å². The van der Waals surface area contributed by atoms with E-state index in [0.717, 1.165) is 11.3 Å². The van der Waals surface area contributed by atoms with Gasteiger partial charge in [-0.25, -0.2) is 0 Å². The van der Waals surface area contributed by atoms with Gasteiger partial charge in [-0.1, -0.05) is 30.3 Å². The third kappa shape index (κ3) is 4.57. The van der Waals surface area contributed by atoms with Crippen molar-refractivity contribution in [2.75, 3.05) is 11.9 Å². The highest BCUT2D eigenvalue weighted by atomic mass is 16.3. The van der Waals surface area contributed by atoms with Crippen molar-refractivity contribution >= 4 is 11.6 Å². The topological polar surface area (TPSA) is 74.2 Å². The molecule has 1 aromatic carbocycles. The Bertz CT molecular complexity index is 587. The van der Waals surface area contributed by atoms with E-state index in [2.05, 4.69) is 15.6 Å². The summed E-state index contributed by atoms with van der Waals surface area (Å²) in [5, 5.41) is 14.9. The lowest BCUT2D eigenvalue weighted by molar-refractivity contribution is 0.0946. The first-order chi connectivity index (χ1) is 10.2. The predicted molar refractivity (Wildman–Crippen MR) is 82.0 cm³/mol. The molecule has 2 aromatic rings. The normalized spacial score (nSPS) is 11.7. The number of hydrogen-bond acceptors (Lipinski definition) is 4. The van der Waals surface area contributed by atoms with E-state index in [1.807, 2.05) is 37.3 Å². The smallest absolute Gasteiger partial charge is 0.270 e. The van der Waals surface area contributed by atoms with Gasteiger partial charge in [0.2, 0.25) is 0 Å². The second-order valence-corrected chi connectivity index (χ2v) is 4.83. The van der Waals surface area contributed by atoms with E-state index < -0.39 is 0 Å². The van der Waals surface area contributed by atoms with Crippen LogP contribution >= 0.6 is 0 Å². The Kier molecular flexibility index (Phi) is 5.29. The quantitative estimate of drug-likeness (QED) is 0.756. The zero-order valence-corrected chi connectivity index (χ0v) is 11.9. The Morgan fingerprint density at radius 1 is 1.29 bits per heavy atom. The number of aromatic nitrogens is 1. The highest BCUT2D eigenvalue weighted by Crippen LogP contribution is 2.09. The third-order valence-corrected chi connectivity index (χ3v) is 2.98. The molecule has 1 heterocycles. The fourth-order valence-electron chi connectivity index (χ4n) is 1.84. The number of carbonyl (C=O) groups is 1. The molecule has 0 aliphatic carbocycles. The van der Waals surface area contributed by atoms with E-state index in [9.17, 15) is 4.79 Å². The van der Waals surface area contributed by atoms with Gasteiger partial charge in [-0.3, -0.25) is 9.78 Å². The lowest BCUT2D eigenvalue weighted by atomic mass is 10.2. The zero-order chi connectivity index (χ0) is 15.1. The van der Waals surface area contributed by atoms with E-state index in [4.69, 9.17) is 5.11 Å². The molecule has 0 saturated heterocycles. The predicted octanol–water partition coefficient (Wildman–Crippen LogP) is 1.80. The van der Waals surface area contributed by atoms with Crippen LogP contribution in [-0.4, -0.2) is 28.6 Å². The molecule has 0 aliphatic heterocycles. The maximum atomic E-state index is 12.1. The van der Waals surface area contributed by atoms with Gasteiger partial charge in [-0.15, -0.1) is 0 Å². The molecule has 1 aromatic heterocycles. The van der Waals surface area contributed by atoms with Gasteiger partial charge in [0.25, 0.3) is 5.91 Å². The van der Waals surface area contributed by atoms with Gasteiger partial charge in [0, 0.05) is 24.5 Å². The molecule has 0 bridgehead atoms. The van der Waals surface area contributed by atoms with Crippen molar-refractivity contribution in [1.82, 2.24) is 10.3 Å². The molecular weight excluding hydrogens is 266 g/mol. The molecule has 0 saturated carbocycles. The summed E-state index contributed by atoms with van der Waals surface area (Å²) in [6.07, 6.45) is 1.57. The lowest BCUT2D eigenvalue weighted by Crippen LogP contribution is -2.24. The minimum atomic E-state index is -0.223. The number of rotatable bonds is 6. The number of nitrogens with zero attached hydrogens (tertiary/aromatic N) is 1. The van der Waals surface area contributed by atoms with Gasteiger partial charge in [-0.2, -0.15) is 0 Å². The standard InChI is InChI=1S/C16H19N3O2/c1-12(11-20)19-14-7-8-17-15(9-14)16(21)18-10-13-5-3-2-4-6-13/h2-9,12,20H,10-11H2,1H3,(H,17,19)(H,18,21)/t12-/m0/s1. The number of anilines is 1. The van der Waals surface area contributed by atoms with Crippen molar-refractivity contribution < 1.29 is 9.90 Å². The van der Waals surface area contributed by atoms with Crippen molar-refractivity contribution in [3.05, 3.63) is 59.9 Å². The summed E-state index contributed by atoms with van der Waals surface area (Å²) < 4.78 is 0. The highest BCUT2D eigenvalue weighted by Gasteiger charge is 2.08. The Labute approximate surface area is 124 Å². The fourth-order valence-corrected chi connectivity index (χ4v) is 1.84. The molecule has 3 N–H and O–H groups in total. The molecule has 1 amide bonds. The average molecular weight is 285 g/mol. The van der Waals surface area contributed by atoms with Gasteiger partial charge >= 0.3 is 0 Å². The second-order valence-electron chi connectivity index (χ2n) is 4.83. The minimum absolute atomic E-state index is 0.0257. The minimum Gasteiger partial charge on any atom is -0.394 e. The van der Waals surface area contributed by atoms with Gasteiger partial charge in [0.1, 0.15) is 5.69 Å². The van der Waals surface area contributed by atoms with Crippen LogP contribution < -0.4 is 10.6 Å². The number of hydrogen-bond donors (Lipinski definition) is 3. The first-order valence-electron chi connectivity index (χ1n) is 6.84. The maximum absolute atomic E-state index is 12.1. The number of aliphatic hydroxyl groups is 1. The number of amides is 1. The van der Waals surface area contributed by atoms with E-state index in [1.165, 1.54) is 0 Å². The summed E-state index contributed by atoms with van der Waals surface area (Å²) in [5.74, 6) is -0.223. The van der Waals surface area contributed by atoms with Crippen molar-refractivity contribution in [3.8, 4) is 0 Å². The lowest BCUT2D eigenvalue weighted by Gasteiger charge is -2.12. The first-order valence-corrected chi connectivity index (χ1v) is 6.84.